The summed E-state index contributed by atoms with van der Waals surface area (Å²) in [4.78, 5) is 17.5. The second-order valence-corrected chi connectivity index (χ2v) is 9.14. The first-order valence-corrected chi connectivity index (χ1v) is 11.7. The van der Waals surface area contributed by atoms with Gasteiger partial charge in [-0.2, -0.15) is 0 Å². The van der Waals surface area contributed by atoms with E-state index in [1.54, 1.807) is 30.3 Å². The third-order valence-corrected chi connectivity index (χ3v) is 5.42. The van der Waals surface area contributed by atoms with Gasteiger partial charge in [0.2, 0.25) is 10.0 Å². The van der Waals surface area contributed by atoms with E-state index in [-0.39, 0.29) is 5.75 Å². The molecule has 0 bridgehead atoms. The fourth-order valence-corrected chi connectivity index (χ4v) is 3.94. The van der Waals surface area contributed by atoms with E-state index in [9.17, 15) is 13.2 Å². The van der Waals surface area contributed by atoms with E-state index in [0.29, 0.717) is 25.7 Å². The zero-order chi connectivity index (χ0) is 22.0. The van der Waals surface area contributed by atoms with E-state index >= 15 is 0 Å². The fourth-order valence-electron chi connectivity index (χ4n) is 2.99. The highest BCUT2D eigenvalue weighted by Crippen LogP contribution is 2.20. The lowest BCUT2D eigenvalue weighted by Crippen LogP contribution is -2.42. The van der Waals surface area contributed by atoms with Crippen molar-refractivity contribution in [1.29, 1.82) is 0 Å². The molecular formula is C23H29NO5S. The number of hydrogen-bond acceptors (Lipinski definition) is 5. The highest BCUT2D eigenvalue weighted by molar-refractivity contribution is 7.88. The zero-order valence-electron chi connectivity index (χ0n) is 17.7. The number of para-hydroxylation sites is 1. The van der Waals surface area contributed by atoms with Gasteiger partial charge in [0, 0.05) is 0 Å². The first-order valence-electron chi connectivity index (χ1n) is 9.87. The van der Waals surface area contributed by atoms with Crippen molar-refractivity contribution in [3.05, 3.63) is 77.9 Å². The van der Waals surface area contributed by atoms with Gasteiger partial charge < -0.3 is 9.57 Å². The van der Waals surface area contributed by atoms with Gasteiger partial charge >= 0.3 is 6.16 Å². The van der Waals surface area contributed by atoms with Crippen molar-refractivity contribution in [2.24, 2.45) is 0 Å². The van der Waals surface area contributed by atoms with Crippen LogP contribution in [0.25, 0.3) is 0 Å². The predicted molar refractivity (Wildman–Crippen MR) is 117 cm³/mol. The summed E-state index contributed by atoms with van der Waals surface area (Å²) < 4.78 is 30.8. The average molecular weight is 432 g/mol. The molecule has 0 radical (unpaired) electrons. The standard InChI is InChI=1S/C23H29NO5S/c1-19(2)11-10-14-21(18-17-20-12-6-4-7-13-20)24(30(3,26)27)29-23(25)28-22-15-8-5-9-16-22/h4-9,11-13,15-16,21H,10,14,17-18H2,1-3H3. The smallest absolute Gasteiger partial charge is 0.394 e. The number of allylic oxidation sites excluding steroid dienone is 2. The van der Waals surface area contributed by atoms with Gasteiger partial charge in [0.1, 0.15) is 5.75 Å². The topological polar surface area (TPSA) is 72.9 Å². The maximum atomic E-state index is 12.4. The maximum absolute atomic E-state index is 12.4. The molecule has 1 unspecified atom stereocenters. The highest BCUT2D eigenvalue weighted by Gasteiger charge is 2.31. The van der Waals surface area contributed by atoms with Crippen LogP contribution in [0.4, 0.5) is 4.79 Å². The molecule has 2 rings (SSSR count). The molecule has 2 aromatic rings. The summed E-state index contributed by atoms with van der Waals surface area (Å²) in [6, 6.07) is 17.7. The van der Waals surface area contributed by atoms with Crippen LogP contribution in [0, 0.1) is 0 Å². The van der Waals surface area contributed by atoms with Gasteiger partial charge in [0.15, 0.2) is 0 Å². The van der Waals surface area contributed by atoms with Crippen LogP contribution in [0.1, 0.15) is 38.7 Å². The lowest BCUT2D eigenvalue weighted by Gasteiger charge is -2.27. The molecular weight excluding hydrogens is 402 g/mol. The third-order valence-electron chi connectivity index (χ3n) is 4.40. The van der Waals surface area contributed by atoms with Gasteiger partial charge in [-0.3, -0.25) is 0 Å². The Kier molecular flexibility index (Phi) is 9.08. The SMILES string of the molecule is CC(C)=CCCC(CCc1ccccc1)N(OC(=O)Oc1ccccc1)S(C)(=O)=O. The predicted octanol–water partition coefficient (Wildman–Crippen LogP) is 5.13. The van der Waals surface area contributed by atoms with E-state index < -0.39 is 22.2 Å². The van der Waals surface area contributed by atoms with Crippen LogP contribution in [0.15, 0.2) is 72.3 Å². The third kappa shape index (κ3) is 8.39. The van der Waals surface area contributed by atoms with Crippen LogP contribution in [-0.2, 0) is 21.3 Å². The first kappa shape index (κ1) is 23.6. The van der Waals surface area contributed by atoms with Crippen LogP contribution in [-0.4, -0.2) is 31.3 Å². The number of sulfonamides is 1. The van der Waals surface area contributed by atoms with E-state index in [2.05, 4.69) is 0 Å². The number of ether oxygens (including phenoxy) is 1. The van der Waals surface area contributed by atoms with Gasteiger partial charge in [-0.25, -0.2) is 13.2 Å². The molecule has 0 heterocycles. The largest absolute Gasteiger partial charge is 0.534 e. The Bertz CT molecular complexity index is 923. The molecule has 162 valence electrons. The molecule has 0 spiro atoms. The van der Waals surface area contributed by atoms with Crippen molar-refractivity contribution in [3.8, 4) is 5.75 Å². The number of carbonyl (C=O) groups excluding carboxylic acids is 1. The van der Waals surface area contributed by atoms with E-state index in [1.807, 2.05) is 50.3 Å². The Morgan fingerprint density at radius 2 is 1.60 bits per heavy atom. The summed E-state index contributed by atoms with van der Waals surface area (Å²) >= 11 is 0. The van der Waals surface area contributed by atoms with Crippen molar-refractivity contribution in [3.63, 3.8) is 0 Å². The van der Waals surface area contributed by atoms with E-state index in [0.717, 1.165) is 21.9 Å². The summed E-state index contributed by atoms with van der Waals surface area (Å²) in [5.74, 6) is 0.279. The van der Waals surface area contributed by atoms with Crippen molar-refractivity contribution in [2.75, 3.05) is 6.26 Å². The molecule has 0 aliphatic rings. The minimum Gasteiger partial charge on any atom is -0.394 e. The molecule has 0 aromatic heterocycles. The van der Waals surface area contributed by atoms with Crippen molar-refractivity contribution >= 4 is 16.2 Å². The number of hydrogen-bond donors (Lipinski definition) is 0. The van der Waals surface area contributed by atoms with Gasteiger partial charge in [-0.05, 0) is 61.7 Å². The molecule has 6 nitrogen and oxygen atoms in total. The van der Waals surface area contributed by atoms with Gasteiger partial charge in [0.05, 0.1) is 12.3 Å². The van der Waals surface area contributed by atoms with E-state index in [1.165, 1.54) is 0 Å². The number of nitrogens with zero attached hydrogens (tertiary/aromatic N) is 1. The number of rotatable bonds is 10. The van der Waals surface area contributed by atoms with Crippen molar-refractivity contribution < 1.29 is 22.8 Å². The van der Waals surface area contributed by atoms with Gasteiger partial charge in [0.25, 0.3) is 0 Å². The quantitative estimate of drug-likeness (QED) is 0.226. The Morgan fingerprint density at radius 3 is 2.17 bits per heavy atom. The number of aryl methyl sites for hydroxylation is 1. The lowest BCUT2D eigenvalue weighted by molar-refractivity contribution is -0.0750. The molecule has 30 heavy (non-hydrogen) atoms. The molecule has 0 amide bonds. The zero-order valence-corrected chi connectivity index (χ0v) is 18.5. The number of hydroxylamine groups is 1. The van der Waals surface area contributed by atoms with Crippen LogP contribution in [0.2, 0.25) is 0 Å². The number of benzene rings is 2. The molecule has 0 aliphatic heterocycles. The molecule has 2 aromatic carbocycles. The van der Waals surface area contributed by atoms with Crippen LogP contribution in [0.5, 0.6) is 5.75 Å². The van der Waals surface area contributed by atoms with Crippen LogP contribution in [0.3, 0.4) is 0 Å². The average Bonchev–Trinajstić information content (AvgIpc) is 2.69. The van der Waals surface area contributed by atoms with E-state index in [4.69, 9.17) is 9.57 Å². The second kappa shape index (κ2) is 11.5. The van der Waals surface area contributed by atoms with Crippen LogP contribution < -0.4 is 4.74 Å². The summed E-state index contributed by atoms with van der Waals surface area (Å²) in [5, 5.41) is 0. The van der Waals surface area contributed by atoms with Gasteiger partial charge in [-0.1, -0.05) is 60.2 Å². The van der Waals surface area contributed by atoms with Gasteiger partial charge in [-0.15, -0.1) is 0 Å². The Balaban J connectivity index is 2.16. The minimum atomic E-state index is -3.82. The molecule has 7 heteroatoms. The van der Waals surface area contributed by atoms with Crippen molar-refractivity contribution in [2.45, 2.75) is 45.6 Å². The Morgan fingerprint density at radius 1 is 1.00 bits per heavy atom. The Hall–Kier alpha value is -2.64. The summed E-state index contributed by atoms with van der Waals surface area (Å²) in [6.07, 6.45) is 4.33. The summed E-state index contributed by atoms with van der Waals surface area (Å²) in [6.45, 7) is 3.97. The Labute approximate surface area is 179 Å². The molecule has 0 N–H and O–H groups in total. The summed E-state index contributed by atoms with van der Waals surface area (Å²) in [5.41, 5.74) is 2.23. The van der Waals surface area contributed by atoms with Crippen molar-refractivity contribution in [1.82, 2.24) is 4.47 Å². The summed E-state index contributed by atoms with van der Waals surface area (Å²) in [7, 11) is -3.82. The number of carbonyl (C=O) groups is 1. The fraction of sp³-hybridized carbons (Fsp3) is 0.348. The monoisotopic (exact) mass is 431 g/mol. The molecule has 0 saturated heterocycles. The molecule has 0 fully saturated rings. The molecule has 0 saturated carbocycles. The highest BCUT2D eigenvalue weighted by atomic mass is 32.2. The normalized spacial score (nSPS) is 12.3. The molecule has 0 aliphatic carbocycles. The lowest BCUT2D eigenvalue weighted by atomic mass is 10.0. The molecule has 1 atom stereocenters. The second-order valence-electron chi connectivity index (χ2n) is 7.31. The maximum Gasteiger partial charge on any atom is 0.534 e. The first-order chi connectivity index (χ1) is 14.3. The minimum absolute atomic E-state index is 0.279. The van der Waals surface area contributed by atoms with Crippen LogP contribution >= 0.6 is 0 Å².